The van der Waals surface area contributed by atoms with Crippen molar-refractivity contribution in [3.05, 3.63) is 18.2 Å². The molecule has 102 valence electrons. The molecule has 1 aliphatic rings. The number of anilines is 1. The van der Waals surface area contributed by atoms with Crippen LogP contribution < -0.4 is 10.5 Å². The molecule has 0 bridgehead atoms. The van der Waals surface area contributed by atoms with Crippen molar-refractivity contribution in [3.8, 4) is 5.75 Å². The van der Waals surface area contributed by atoms with Crippen LogP contribution in [0.15, 0.2) is 18.2 Å². The number of methoxy groups -OCH3 is 1. The van der Waals surface area contributed by atoms with Crippen LogP contribution in [0, 0.1) is 0 Å². The van der Waals surface area contributed by atoms with E-state index >= 15 is 0 Å². The van der Waals surface area contributed by atoms with Gasteiger partial charge in [0.15, 0.2) is 0 Å². The summed E-state index contributed by atoms with van der Waals surface area (Å²) in [5.41, 5.74) is 8.08. The molecule has 2 aromatic rings. The summed E-state index contributed by atoms with van der Waals surface area (Å²) in [6, 6.07) is 5.95. The molecule has 19 heavy (non-hydrogen) atoms. The van der Waals surface area contributed by atoms with E-state index in [0.29, 0.717) is 11.2 Å². The summed E-state index contributed by atoms with van der Waals surface area (Å²) in [5, 5.41) is 0.663. The van der Waals surface area contributed by atoms with E-state index in [1.807, 2.05) is 18.2 Å². The molecule has 1 aromatic carbocycles. The van der Waals surface area contributed by atoms with Gasteiger partial charge in [0.25, 0.3) is 0 Å². The average Bonchev–Trinajstić information content (AvgIpc) is 2.75. The third-order valence-corrected chi connectivity index (χ3v) is 5.03. The number of rotatable bonds is 3. The first-order chi connectivity index (χ1) is 9.28. The van der Waals surface area contributed by atoms with Crippen molar-refractivity contribution in [2.75, 3.05) is 18.6 Å². The fourth-order valence-electron chi connectivity index (χ4n) is 2.60. The van der Waals surface area contributed by atoms with Gasteiger partial charge in [0, 0.05) is 17.9 Å². The normalized spacial score (nSPS) is 19.7. The maximum Gasteiger partial charge on any atom is 0.201 e. The van der Waals surface area contributed by atoms with Crippen LogP contribution in [0.5, 0.6) is 5.75 Å². The predicted molar refractivity (Wildman–Crippen MR) is 80.8 cm³/mol. The molecule has 0 aliphatic carbocycles. The molecule has 0 saturated carbocycles. The van der Waals surface area contributed by atoms with Gasteiger partial charge in [0.05, 0.1) is 18.1 Å². The van der Waals surface area contributed by atoms with Crippen LogP contribution in [0.4, 0.5) is 5.95 Å². The second-order valence-electron chi connectivity index (χ2n) is 4.92. The average molecular weight is 277 g/mol. The highest BCUT2D eigenvalue weighted by molar-refractivity contribution is 7.99. The summed E-state index contributed by atoms with van der Waals surface area (Å²) in [7, 11) is 1.67. The zero-order chi connectivity index (χ0) is 13.2. The van der Waals surface area contributed by atoms with E-state index in [0.717, 1.165) is 23.3 Å². The Morgan fingerprint density at radius 1 is 1.47 bits per heavy atom. The summed E-state index contributed by atoms with van der Waals surface area (Å²) in [4.78, 5) is 4.44. The fraction of sp³-hybridized carbons (Fsp3) is 0.500. The minimum absolute atomic E-state index is 0.606. The topological polar surface area (TPSA) is 53.1 Å². The second-order valence-corrected chi connectivity index (χ2v) is 6.33. The molecule has 1 unspecified atom stereocenters. The van der Waals surface area contributed by atoms with E-state index in [9.17, 15) is 0 Å². The number of nitrogens with zero attached hydrogens (tertiary/aromatic N) is 2. The third kappa shape index (κ3) is 2.52. The molecule has 1 aliphatic heterocycles. The molecule has 1 fully saturated rings. The summed E-state index contributed by atoms with van der Waals surface area (Å²) >= 11 is 2.06. The molecule has 0 amide bonds. The Morgan fingerprint density at radius 2 is 2.37 bits per heavy atom. The van der Waals surface area contributed by atoms with Crippen LogP contribution in [-0.4, -0.2) is 27.7 Å². The number of imidazole rings is 1. The van der Waals surface area contributed by atoms with Crippen molar-refractivity contribution in [3.63, 3.8) is 0 Å². The van der Waals surface area contributed by atoms with E-state index in [1.54, 1.807) is 7.11 Å². The number of ether oxygens (including phenoxy) is 1. The number of hydrogen-bond donors (Lipinski definition) is 1. The van der Waals surface area contributed by atoms with Crippen LogP contribution in [0.3, 0.4) is 0 Å². The largest absolute Gasteiger partial charge is 0.497 e. The van der Waals surface area contributed by atoms with Crippen LogP contribution in [-0.2, 0) is 6.54 Å². The Morgan fingerprint density at radius 3 is 3.11 bits per heavy atom. The minimum Gasteiger partial charge on any atom is -0.497 e. The molecule has 1 aromatic heterocycles. The van der Waals surface area contributed by atoms with E-state index in [-0.39, 0.29) is 0 Å². The van der Waals surface area contributed by atoms with Gasteiger partial charge in [0.2, 0.25) is 5.95 Å². The zero-order valence-corrected chi connectivity index (χ0v) is 11.9. The van der Waals surface area contributed by atoms with Gasteiger partial charge in [-0.05, 0) is 30.7 Å². The Bertz CT molecular complexity index is 575. The Balaban J connectivity index is 1.91. The number of fused-ring (bicyclic) bond motifs is 1. The van der Waals surface area contributed by atoms with E-state index in [1.165, 1.54) is 25.0 Å². The smallest absolute Gasteiger partial charge is 0.201 e. The van der Waals surface area contributed by atoms with Gasteiger partial charge >= 0.3 is 0 Å². The van der Waals surface area contributed by atoms with Crippen LogP contribution in [0.2, 0.25) is 0 Å². The highest BCUT2D eigenvalue weighted by Gasteiger charge is 2.17. The highest BCUT2D eigenvalue weighted by atomic mass is 32.2. The fourth-order valence-corrected chi connectivity index (χ4v) is 3.89. The molecule has 2 N–H and O–H groups in total. The van der Waals surface area contributed by atoms with Crippen molar-refractivity contribution in [1.29, 1.82) is 0 Å². The van der Waals surface area contributed by atoms with Gasteiger partial charge in [-0.1, -0.05) is 6.42 Å². The summed E-state index contributed by atoms with van der Waals surface area (Å²) in [6.45, 7) is 0.958. The number of hydrogen-bond acceptors (Lipinski definition) is 4. The monoisotopic (exact) mass is 277 g/mol. The first kappa shape index (κ1) is 12.7. The quantitative estimate of drug-likeness (QED) is 0.937. The van der Waals surface area contributed by atoms with E-state index < -0.39 is 0 Å². The Hall–Kier alpha value is -1.36. The SMILES string of the molecule is COc1ccc2c(c1)nc(N)n2CC1CCCCS1. The lowest BCUT2D eigenvalue weighted by Crippen LogP contribution is -2.18. The van der Waals surface area contributed by atoms with Gasteiger partial charge in [-0.3, -0.25) is 0 Å². The van der Waals surface area contributed by atoms with Gasteiger partial charge in [-0.2, -0.15) is 11.8 Å². The van der Waals surface area contributed by atoms with Crippen LogP contribution in [0.25, 0.3) is 11.0 Å². The Kier molecular flexibility index (Phi) is 3.55. The summed E-state index contributed by atoms with van der Waals surface area (Å²) in [6.07, 6.45) is 3.95. The van der Waals surface area contributed by atoms with Gasteiger partial charge in [0.1, 0.15) is 5.75 Å². The predicted octanol–water partition coefficient (Wildman–Crippen LogP) is 2.91. The molecule has 1 saturated heterocycles. The van der Waals surface area contributed by atoms with Crippen molar-refractivity contribution >= 4 is 28.7 Å². The molecule has 2 heterocycles. The lowest BCUT2D eigenvalue weighted by atomic mass is 10.2. The molecular weight excluding hydrogens is 258 g/mol. The third-order valence-electron chi connectivity index (χ3n) is 3.65. The Labute approximate surface area is 117 Å². The van der Waals surface area contributed by atoms with E-state index in [4.69, 9.17) is 10.5 Å². The van der Waals surface area contributed by atoms with Crippen molar-refractivity contribution in [2.45, 2.75) is 31.1 Å². The number of aromatic nitrogens is 2. The molecule has 1 atom stereocenters. The lowest BCUT2D eigenvalue weighted by molar-refractivity contribution is 0.415. The van der Waals surface area contributed by atoms with Crippen molar-refractivity contribution in [1.82, 2.24) is 9.55 Å². The van der Waals surface area contributed by atoms with Gasteiger partial charge in [-0.15, -0.1) is 0 Å². The number of nitrogens with two attached hydrogens (primary N) is 1. The summed E-state index contributed by atoms with van der Waals surface area (Å²) < 4.78 is 7.36. The molecule has 5 heteroatoms. The minimum atomic E-state index is 0.606. The van der Waals surface area contributed by atoms with E-state index in [2.05, 4.69) is 21.3 Å². The van der Waals surface area contributed by atoms with Crippen LogP contribution in [0.1, 0.15) is 19.3 Å². The lowest BCUT2D eigenvalue weighted by Gasteiger charge is -2.22. The van der Waals surface area contributed by atoms with Crippen LogP contribution >= 0.6 is 11.8 Å². The molecule has 3 rings (SSSR count). The van der Waals surface area contributed by atoms with Gasteiger partial charge in [-0.25, -0.2) is 4.98 Å². The maximum absolute atomic E-state index is 6.06. The molecule has 0 radical (unpaired) electrons. The molecule has 0 spiro atoms. The second kappa shape index (κ2) is 5.33. The van der Waals surface area contributed by atoms with Gasteiger partial charge < -0.3 is 15.0 Å². The first-order valence-electron chi connectivity index (χ1n) is 6.69. The van der Waals surface area contributed by atoms with Crippen molar-refractivity contribution in [2.24, 2.45) is 0 Å². The highest BCUT2D eigenvalue weighted by Crippen LogP contribution is 2.29. The number of benzene rings is 1. The molecule has 4 nitrogen and oxygen atoms in total. The number of nitrogen functional groups attached to an aromatic ring is 1. The zero-order valence-electron chi connectivity index (χ0n) is 11.1. The number of thioether (sulfide) groups is 1. The standard InChI is InChI=1S/C14H19N3OS/c1-18-10-5-6-13-12(8-10)16-14(15)17(13)9-11-4-2-3-7-19-11/h5-6,8,11H,2-4,7,9H2,1H3,(H2,15,16). The van der Waals surface area contributed by atoms with Crippen molar-refractivity contribution < 1.29 is 4.74 Å². The maximum atomic E-state index is 6.06. The first-order valence-corrected chi connectivity index (χ1v) is 7.74. The molecular formula is C14H19N3OS. The summed E-state index contributed by atoms with van der Waals surface area (Å²) in [5.74, 6) is 2.70.